The molecule has 1 aromatic rings. The lowest BCUT2D eigenvalue weighted by atomic mass is 10.2. The molecule has 0 saturated carbocycles. The van der Waals surface area contributed by atoms with E-state index in [0.717, 1.165) is 50.1 Å². The molecule has 1 fully saturated rings. The summed E-state index contributed by atoms with van der Waals surface area (Å²) >= 11 is 0. The van der Waals surface area contributed by atoms with Crippen molar-refractivity contribution in [2.24, 2.45) is 4.99 Å². The van der Waals surface area contributed by atoms with Crippen molar-refractivity contribution in [2.45, 2.75) is 19.5 Å². The quantitative estimate of drug-likeness (QED) is 0.242. The number of guanidine groups is 1. The number of methoxy groups -OCH3 is 1. The van der Waals surface area contributed by atoms with Crippen LogP contribution in [0.15, 0.2) is 29.3 Å². The Morgan fingerprint density at radius 3 is 2.34 bits per heavy atom. The molecule has 166 valence electrons. The van der Waals surface area contributed by atoms with Crippen molar-refractivity contribution in [3.63, 3.8) is 0 Å². The fourth-order valence-corrected chi connectivity index (χ4v) is 2.93. The monoisotopic (exact) mass is 530 g/mol. The van der Waals surface area contributed by atoms with E-state index in [2.05, 4.69) is 37.0 Å². The lowest BCUT2D eigenvalue weighted by molar-refractivity contribution is -0.173. The van der Waals surface area contributed by atoms with Gasteiger partial charge in [-0.2, -0.15) is 13.2 Å². The standard InChI is InChI=1S/C19H29F3N4O2.HI/c1-3-23-18(24-9-4-14-28-15-19(20,21)22)26-12-10-25(11-13-26)16-5-7-17(27-2)8-6-16;/h5-8H,3-4,9-15H2,1-2H3,(H,23,24);1H. The van der Waals surface area contributed by atoms with Crippen LogP contribution in [0.3, 0.4) is 0 Å². The Bertz CT molecular complexity index is 606. The number of piperazine rings is 1. The molecule has 0 radical (unpaired) electrons. The average molecular weight is 530 g/mol. The first-order chi connectivity index (χ1) is 13.4. The van der Waals surface area contributed by atoms with Gasteiger partial charge < -0.3 is 24.6 Å². The molecule has 6 nitrogen and oxygen atoms in total. The smallest absolute Gasteiger partial charge is 0.411 e. The Balaban J connectivity index is 0.00000420. The van der Waals surface area contributed by atoms with Crippen molar-refractivity contribution in [3.05, 3.63) is 24.3 Å². The molecule has 0 amide bonds. The molecule has 0 aliphatic carbocycles. The molecule has 0 atom stereocenters. The van der Waals surface area contributed by atoms with Crippen LogP contribution in [0.25, 0.3) is 0 Å². The van der Waals surface area contributed by atoms with Crippen LogP contribution in [-0.2, 0) is 4.74 Å². The highest BCUT2D eigenvalue weighted by Crippen LogP contribution is 2.20. The van der Waals surface area contributed by atoms with Crippen LogP contribution >= 0.6 is 24.0 Å². The van der Waals surface area contributed by atoms with Gasteiger partial charge in [-0.25, -0.2) is 0 Å². The highest BCUT2D eigenvalue weighted by atomic mass is 127. The van der Waals surface area contributed by atoms with Gasteiger partial charge in [-0.05, 0) is 37.6 Å². The lowest BCUT2D eigenvalue weighted by Gasteiger charge is -2.37. The number of benzene rings is 1. The Kier molecular flexibility index (Phi) is 11.5. The second-order valence-corrected chi connectivity index (χ2v) is 6.43. The summed E-state index contributed by atoms with van der Waals surface area (Å²) in [5, 5.41) is 3.26. The van der Waals surface area contributed by atoms with Gasteiger partial charge in [0.1, 0.15) is 12.4 Å². The molecule has 1 N–H and O–H groups in total. The summed E-state index contributed by atoms with van der Waals surface area (Å²) < 4.78 is 46.0. The van der Waals surface area contributed by atoms with E-state index in [4.69, 9.17) is 4.74 Å². The molecule has 0 unspecified atom stereocenters. The maximum Gasteiger partial charge on any atom is 0.411 e. The number of rotatable bonds is 8. The molecule has 1 aromatic carbocycles. The Morgan fingerprint density at radius 2 is 1.79 bits per heavy atom. The van der Waals surface area contributed by atoms with Gasteiger partial charge in [-0.15, -0.1) is 24.0 Å². The van der Waals surface area contributed by atoms with E-state index in [1.807, 2.05) is 19.1 Å². The fourth-order valence-electron chi connectivity index (χ4n) is 2.93. The van der Waals surface area contributed by atoms with E-state index in [9.17, 15) is 13.2 Å². The number of hydrogen-bond donors (Lipinski definition) is 1. The minimum absolute atomic E-state index is 0. The maximum absolute atomic E-state index is 12.0. The highest BCUT2D eigenvalue weighted by molar-refractivity contribution is 14.0. The third-order valence-electron chi connectivity index (χ3n) is 4.33. The number of hydrogen-bond acceptors (Lipinski definition) is 4. The van der Waals surface area contributed by atoms with Gasteiger partial charge in [0, 0.05) is 51.6 Å². The van der Waals surface area contributed by atoms with Crippen LogP contribution in [0.4, 0.5) is 18.9 Å². The molecule has 10 heteroatoms. The maximum atomic E-state index is 12.0. The Morgan fingerprint density at radius 1 is 1.14 bits per heavy atom. The number of nitrogens with zero attached hydrogens (tertiary/aromatic N) is 3. The van der Waals surface area contributed by atoms with Gasteiger partial charge in [-0.3, -0.25) is 4.99 Å². The number of alkyl halides is 3. The van der Waals surface area contributed by atoms with Crippen LogP contribution < -0.4 is 15.0 Å². The molecule has 1 heterocycles. The molecule has 29 heavy (non-hydrogen) atoms. The first kappa shape index (κ1) is 25.6. The molecule has 0 aromatic heterocycles. The molecule has 0 spiro atoms. The van der Waals surface area contributed by atoms with E-state index < -0.39 is 12.8 Å². The van der Waals surface area contributed by atoms with Crippen LogP contribution in [0, 0.1) is 0 Å². The summed E-state index contributed by atoms with van der Waals surface area (Å²) in [5.41, 5.74) is 1.16. The number of nitrogens with one attached hydrogen (secondary N) is 1. The van der Waals surface area contributed by atoms with Crippen LogP contribution in [0.1, 0.15) is 13.3 Å². The molecular weight excluding hydrogens is 500 g/mol. The van der Waals surface area contributed by atoms with E-state index >= 15 is 0 Å². The Labute approximate surface area is 187 Å². The minimum Gasteiger partial charge on any atom is -0.497 e. The minimum atomic E-state index is -4.28. The van der Waals surface area contributed by atoms with Crippen molar-refractivity contribution >= 4 is 35.6 Å². The first-order valence-corrected chi connectivity index (χ1v) is 9.49. The number of aliphatic imine (C=N–C) groups is 1. The molecule has 1 aliphatic heterocycles. The summed E-state index contributed by atoms with van der Waals surface area (Å²) in [7, 11) is 1.65. The predicted molar refractivity (Wildman–Crippen MR) is 120 cm³/mol. The van der Waals surface area contributed by atoms with Crippen molar-refractivity contribution in [1.82, 2.24) is 10.2 Å². The predicted octanol–water partition coefficient (Wildman–Crippen LogP) is 3.37. The third kappa shape index (κ3) is 9.28. The zero-order valence-electron chi connectivity index (χ0n) is 16.9. The van der Waals surface area contributed by atoms with Crippen LogP contribution in [-0.4, -0.2) is 76.6 Å². The molecule has 1 aliphatic rings. The molecule has 0 bridgehead atoms. The van der Waals surface area contributed by atoms with Crippen LogP contribution in [0.2, 0.25) is 0 Å². The second-order valence-electron chi connectivity index (χ2n) is 6.43. The van der Waals surface area contributed by atoms with Crippen LogP contribution in [0.5, 0.6) is 5.75 Å². The van der Waals surface area contributed by atoms with Gasteiger partial charge in [0.2, 0.25) is 0 Å². The summed E-state index contributed by atoms with van der Waals surface area (Å²) in [6.07, 6.45) is -3.82. The van der Waals surface area contributed by atoms with Crippen molar-refractivity contribution in [1.29, 1.82) is 0 Å². The molecule has 2 rings (SSSR count). The SMILES string of the molecule is CCNC(=NCCCOCC(F)(F)F)N1CCN(c2ccc(OC)cc2)CC1.I. The van der Waals surface area contributed by atoms with Crippen molar-refractivity contribution in [2.75, 3.05) is 64.5 Å². The Hall–Kier alpha value is -1.43. The van der Waals surface area contributed by atoms with E-state index in [1.165, 1.54) is 0 Å². The number of halogens is 4. The lowest BCUT2D eigenvalue weighted by Crippen LogP contribution is -2.52. The summed E-state index contributed by atoms with van der Waals surface area (Å²) in [6.45, 7) is 5.38. The van der Waals surface area contributed by atoms with Crippen molar-refractivity contribution < 1.29 is 22.6 Å². The van der Waals surface area contributed by atoms with Gasteiger partial charge in [0.15, 0.2) is 5.96 Å². The topological polar surface area (TPSA) is 49.3 Å². The van der Waals surface area contributed by atoms with Crippen molar-refractivity contribution in [3.8, 4) is 5.75 Å². The van der Waals surface area contributed by atoms with E-state index in [-0.39, 0.29) is 30.6 Å². The zero-order valence-corrected chi connectivity index (χ0v) is 19.2. The summed E-state index contributed by atoms with van der Waals surface area (Å²) in [6, 6.07) is 8.01. The highest BCUT2D eigenvalue weighted by Gasteiger charge is 2.27. The third-order valence-corrected chi connectivity index (χ3v) is 4.33. The van der Waals surface area contributed by atoms with Gasteiger partial charge in [0.25, 0.3) is 0 Å². The van der Waals surface area contributed by atoms with E-state index in [0.29, 0.717) is 13.0 Å². The normalized spacial score (nSPS) is 15.1. The summed E-state index contributed by atoms with van der Waals surface area (Å²) in [5.74, 6) is 1.64. The molecule has 1 saturated heterocycles. The first-order valence-electron chi connectivity index (χ1n) is 9.49. The fraction of sp³-hybridized carbons (Fsp3) is 0.632. The molecular formula is C19H30F3IN4O2. The van der Waals surface area contributed by atoms with Gasteiger partial charge in [0.05, 0.1) is 7.11 Å². The van der Waals surface area contributed by atoms with Gasteiger partial charge in [-0.1, -0.05) is 0 Å². The largest absolute Gasteiger partial charge is 0.497 e. The second kappa shape index (κ2) is 13.0. The average Bonchev–Trinajstić information content (AvgIpc) is 2.69. The number of ether oxygens (including phenoxy) is 2. The van der Waals surface area contributed by atoms with E-state index in [1.54, 1.807) is 7.11 Å². The zero-order chi connectivity index (χ0) is 20.4. The van der Waals surface area contributed by atoms with Gasteiger partial charge >= 0.3 is 6.18 Å². The summed E-state index contributed by atoms with van der Waals surface area (Å²) in [4.78, 5) is 9.02. The number of anilines is 1.